The number of fused-ring (bicyclic) bond motifs is 3. The van der Waals surface area contributed by atoms with E-state index in [1.165, 1.54) is 6.42 Å². The second-order valence-corrected chi connectivity index (χ2v) is 15.9. The molecule has 170 valence electrons. The van der Waals surface area contributed by atoms with Crippen LogP contribution in [-0.4, -0.2) is 4.90 Å². The van der Waals surface area contributed by atoms with Gasteiger partial charge in [-0.3, -0.25) is 0 Å². The van der Waals surface area contributed by atoms with E-state index in [4.69, 9.17) is 0 Å². The van der Waals surface area contributed by atoms with Crippen LogP contribution in [0.3, 0.4) is 0 Å². The van der Waals surface area contributed by atoms with Crippen LogP contribution in [0.4, 0.5) is 0 Å². The Bertz CT molecular complexity index is 1240. The number of allylic oxidation sites excluding steroid dienone is 2. The van der Waals surface area contributed by atoms with Crippen molar-refractivity contribution in [1.29, 1.82) is 0 Å². The highest BCUT2D eigenvalue weighted by Gasteiger charge is 2.89. The second kappa shape index (κ2) is 7.49. The van der Waals surface area contributed by atoms with Gasteiger partial charge in [-0.05, 0) is 72.6 Å². The molecule has 35 heavy (non-hydrogen) atoms. The Morgan fingerprint density at radius 2 is 0.914 bits per heavy atom. The van der Waals surface area contributed by atoms with E-state index in [0.29, 0.717) is 10.3 Å². The van der Waals surface area contributed by atoms with Gasteiger partial charge >= 0.3 is 0 Å². The van der Waals surface area contributed by atoms with Gasteiger partial charge in [-0.25, -0.2) is 0 Å². The van der Waals surface area contributed by atoms with Gasteiger partial charge < -0.3 is 0 Å². The maximum absolute atomic E-state index is 2.60. The molecular formula is C33H28P2. The molecule has 0 radical (unpaired) electrons. The highest BCUT2D eigenvalue weighted by Crippen LogP contribution is 2.97. The molecule has 0 heterocycles. The average Bonchev–Trinajstić information content (AvgIpc) is 3.79. The fraction of sp³-hybridized carbons (Fsp3) is 0.212. The molecule has 3 fully saturated rings. The maximum atomic E-state index is 2.60. The molecule has 4 aliphatic carbocycles. The number of hydrogen-bond donors (Lipinski definition) is 0. The zero-order valence-electron chi connectivity index (χ0n) is 19.6. The van der Waals surface area contributed by atoms with E-state index in [1.807, 2.05) is 0 Å². The smallest absolute Gasteiger partial charge is 0.0338 e. The van der Waals surface area contributed by atoms with E-state index in [2.05, 4.69) is 133 Å². The quantitative estimate of drug-likeness (QED) is 0.219. The minimum Gasteiger partial charge on any atom is -0.0836 e. The lowest BCUT2D eigenvalue weighted by Crippen LogP contribution is -2.36. The molecule has 0 aliphatic heterocycles. The normalized spacial score (nSPS) is 30.3. The van der Waals surface area contributed by atoms with Crippen molar-refractivity contribution < 1.29 is 0 Å². The standard InChI is InChI=1S/C33H28P2/c1-5-13-24(14-6-1)34(25-15-7-2-8-16-25)33(30-28-21-22-32(28)23-29(32)31(30)33)35(26-17-9-3-10-18-26)27-19-11-4-12-20-27/h1-22,28-31H,23H2/t28-,29?,30-,31?,32?/m1/s1. The summed E-state index contributed by atoms with van der Waals surface area (Å²) < 4.78 is 0. The van der Waals surface area contributed by atoms with Crippen molar-refractivity contribution in [1.82, 2.24) is 0 Å². The minimum absolute atomic E-state index is 0.302. The number of hydrogen-bond acceptors (Lipinski definition) is 0. The lowest BCUT2D eigenvalue weighted by molar-refractivity contribution is 0.378. The highest BCUT2D eigenvalue weighted by atomic mass is 31.2. The first-order chi connectivity index (χ1) is 17.4. The first kappa shape index (κ1) is 20.7. The van der Waals surface area contributed by atoms with E-state index in [-0.39, 0.29) is 0 Å². The summed E-state index contributed by atoms with van der Waals surface area (Å²) in [7, 11) is -1.05. The molecular weight excluding hydrogens is 458 g/mol. The van der Waals surface area contributed by atoms with E-state index in [1.54, 1.807) is 21.2 Å². The van der Waals surface area contributed by atoms with Gasteiger partial charge in [-0.1, -0.05) is 133 Å². The van der Waals surface area contributed by atoms with Gasteiger partial charge in [0.15, 0.2) is 0 Å². The van der Waals surface area contributed by atoms with E-state index in [9.17, 15) is 0 Å². The molecule has 0 aromatic heterocycles. The SMILES string of the molecule is C1=CC23CC2C2[C@@H]([C@@H]13)C2(P(c1ccccc1)c1ccccc1)P(c1ccccc1)c1ccccc1. The molecule has 4 aliphatic rings. The Morgan fingerprint density at radius 1 is 0.514 bits per heavy atom. The molecule has 5 atom stereocenters. The van der Waals surface area contributed by atoms with Crippen molar-refractivity contribution in [2.24, 2.45) is 29.1 Å². The van der Waals surface area contributed by atoms with Gasteiger partial charge in [0.25, 0.3) is 0 Å². The van der Waals surface area contributed by atoms with E-state index < -0.39 is 15.8 Å². The summed E-state index contributed by atoms with van der Waals surface area (Å²) in [5.74, 6) is 3.29. The molecule has 0 bridgehead atoms. The summed E-state index contributed by atoms with van der Waals surface area (Å²) in [5.41, 5.74) is 0.571. The van der Waals surface area contributed by atoms with Crippen LogP contribution in [0.15, 0.2) is 133 Å². The predicted molar refractivity (Wildman–Crippen MR) is 151 cm³/mol. The summed E-state index contributed by atoms with van der Waals surface area (Å²) in [5, 5.41) is 6.21. The largest absolute Gasteiger partial charge is 0.0836 e. The number of rotatable bonds is 6. The molecule has 4 aromatic rings. The Morgan fingerprint density at radius 3 is 1.23 bits per heavy atom. The number of benzene rings is 4. The van der Waals surface area contributed by atoms with Gasteiger partial charge in [0.1, 0.15) is 0 Å². The van der Waals surface area contributed by atoms with Gasteiger partial charge in [0.2, 0.25) is 0 Å². The third-order valence-corrected chi connectivity index (χ3v) is 16.3. The molecule has 0 saturated heterocycles. The van der Waals surface area contributed by atoms with Crippen molar-refractivity contribution in [3.05, 3.63) is 133 Å². The van der Waals surface area contributed by atoms with Crippen LogP contribution in [0.25, 0.3) is 0 Å². The average molecular weight is 487 g/mol. The molecule has 0 nitrogen and oxygen atoms in total. The van der Waals surface area contributed by atoms with E-state index >= 15 is 0 Å². The third kappa shape index (κ3) is 2.71. The second-order valence-electron chi connectivity index (χ2n) is 10.7. The Kier molecular flexibility index (Phi) is 4.42. The van der Waals surface area contributed by atoms with Crippen molar-refractivity contribution in [3.63, 3.8) is 0 Å². The summed E-state index contributed by atoms with van der Waals surface area (Å²) in [6.07, 6.45) is 6.61. The Labute approximate surface area is 210 Å². The van der Waals surface area contributed by atoms with Crippen molar-refractivity contribution in [3.8, 4) is 0 Å². The van der Waals surface area contributed by atoms with Crippen molar-refractivity contribution >= 4 is 37.1 Å². The molecule has 3 saturated carbocycles. The molecule has 8 rings (SSSR count). The lowest BCUT2D eigenvalue weighted by atomic mass is 9.77. The molecule has 0 amide bonds. The lowest BCUT2D eigenvalue weighted by Gasteiger charge is -2.43. The van der Waals surface area contributed by atoms with Crippen LogP contribution in [0.1, 0.15) is 6.42 Å². The predicted octanol–water partition coefficient (Wildman–Crippen LogP) is 6.40. The monoisotopic (exact) mass is 486 g/mol. The van der Waals surface area contributed by atoms with Gasteiger partial charge in [0.05, 0.1) is 0 Å². The molecule has 4 aromatic carbocycles. The summed E-state index contributed by atoms with van der Waals surface area (Å²) >= 11 is 0. The van der Waals surface area contributed by atoms with Gasteiger partial charge in [-0.2, -0.15) is 0 Å². The van der Waals surface area contributed by atoms with Crippen LogP contribution in [-0.2, 0) is 0 Å². The fourth-order valence-corrected chi connectivity index (χ4v) is 16.5. The minimum atomic E-state index is -0.523. The van der Waals surface area contributed by atoms with Crippen molar-refractivity contribution in [2.45, 2.75) is 11.3 Å². The maximum Gasteiger partial charge on any atom is 0.0338 e. The fourth-order valence-electron chi connectivity index (χ4n) is 7.84. The van der Waals surface area contributed by atoms with Crippen molar-refractivity contribution in [2.75, 3.05) is 0 Å². The Balaban J connectivity index is 1.41. The zero-order chi connectivity index (χ0) is 23.0. The van der Waals surface area contributed by atoms with Crippen LogP contribution in [0.5, 0.6) is 0 Å². The molecule has 1 spiro atoms. The van der Waals surface area contributed by atoms with Crippen LogP contribution < -0.4 is 21.2 Å². The first-order valence-electron chi connectivity index (χ1n) is 12.9. The summed E-state index contributed by atoms with van der Waals surface area (Å²) in [4.78, 5) is 0.302. The Hall–Kier alpha value is -2.52. The highest BCUT2D eigenvalue weighted by molar-refractivity contribution is 7.91. The van der Waals surface area contributed by atoms with Crippen LogP contribution in [0.2, 0.25) is 0 Å². The molecule has 2 heteroatoms. The third-order valence-electron chi connectivity index (χ3n) is 9.19. The summed E-state index contributed by atoms with van der Waals surface area (Å²) in [6, 6.07) is 46.2. The first-order valence-corrected chi connectivity index (χ1v) is 15.5. The molecule has 0 N–H and O–H groups in total. The van der Waals surface area contributed by atoms with E-state index in [0.717, 1.165) is 23.7 Å². The van der Waals surface area contributed by atoms with Gasteiger partial charge in [0, 0.05) is 4.90 Å². The van der Waals surface area contributed by atoms with Crippen LogP contribution in [0, 0.1) is 29.1 Å². The van der Waals surface area contributed by atoms with Gasteiger partial charge in [-0.15, -0.1) is 0 Å². The van der Waals surface area contributed by atoms with Crippen LogP contribution >= 0.6 is 15.8 Å². The zero-order valence-corrected chi connectivity index (χ0v) is 21.4. The molecule has 3 unspecified atom stereocenters. The summed E-state index contributed by atoms with van der Waals surface area (Å²) in [6.45, 7) is 0. The topological polar surface area (TPSA) is 0 Å².